The molecule has 0 rings (SSSR count). The zero-order valence-electron chi connectivity index (χ0n) is 12.9. The van der Waals surface area contributed by atoms with Crippen LogP contribution < -0.4 is 10.6 Å². The lowest BCUT2D eigenvalue weighted by Crippen LogP contribution is -2.27. The molecule has 0 spiro atoms. The molecule has 0 heterocycles. The van der Waals surface area contributed by atoms with Gasteiger partial charge in [0.15, 0.2) is 0 Å². The smallest absolute Gasteiger partial charge is 0.230 e. The third-order valence-corrected chi connectivity index (χ3v) is 4.45. The Morgan fingerprint density at radius 3 is 2.05 bits per heavy atom. The summed E-state index contributed by atoms with van der Waals surface area (Å²) in [6.45, 7) is 7.69. The SMILES string of the molecule is CCSCC(=O)NCCCCCNC(=O)CSC(C)C.[HH].[HH]. The average Bonchev–Trinajstić information content (AvgIpc) is 2.41. The Balaban J connectivity index is -0.00000180. The lowest BCUT2D eigenvalue weighted by Gasteiger charge is -2.07. The van der Waals surface area contributed by atoms with Gasteiger partial charge in [-0.1, -0.05) is 20.8 Å². The minimum absolute atomic E-state index is 0. The normalized spacial score (nSPS) is 10.6. The summed E-state index contributed by atoms with van der Waals surface area (Å²) in [6.07, 6.45) is 2.97. The number of unbranched alkanes of at least 4 members (excludes halogenated alkanes) is 2. The third kappa shape index (κ3) is 14.1. The predicted octanol–water partition coefficient (Wildman–Crippen LogP) is 2.78. The maximum absolute atomic E-state index is 11.4. The molecule has 0 aromatic heterocycles. The van der Waals surface area contributed by atoms with E-state index in [2.05, 4.69) is 24.5 Å². The van der Waals surface area contributed by atoms with E-state index in [9.17, 15) is 9.59 Å². The highest BCUT2D eigenvalue weighted by atomic mass is 32.2. The molecular formula is C14H32N2O2S2. The molecule has 0 aromatic rings. The highest BCUT2D eigenvalue weighted by molar-refractivity contribution is 8.00. The molecule has 0 aromatic carbocycles. The lowest BCUT2D eigenvalue weighted by molar-refractivity contribution is -0.119. The maximum Gasteiger partial charge on any atom is 0.230 e. The number of hydrogen-bond acceptors (Lipinski definition) is 4. The monoisotopic (exact) mass is 324 g/mol. The Bertz CT molecular complexity index is 284. The Morgan fingerprint density at radius 2 is 1.55 bits per heavy atom. The van der Waals surface area contributed by atoms with Gasteiger partial charge in [0.2, 0.25) is 11.8 Å². The van der Waals surface area contributed by atoms with Crippen LogP contribution in [0.3, 0.4) is 0 Å². The predicted molar refractivity (Wildman–Crippen MR) is 94.7 cm³/mol. The average molecular weight is 325 g/mol. The minimum Gasteiger partial charge on any atom is -0.355 e. The third-order valence-electron chi connectivity index (χ3n) is 2.48. The van der Waals surface area contributed by atoms with E-state index in [1.54, 1.807) is 23.5 Å². The molecule has 0 unspecified atom stereocenters. The van der Waals surface area contributed by atoms with Crippen LogP contribution in [0.2, 0.25) is 0 Å². The number of amides is 2. The molecule has 20 heavy (non-hydrogen) atoms. The van der Waals surface area contributed by atoms with E-state index in [4.69, 9.17) is 0 Å². The lowest BCUT2D eigenvalue weighted by atomic mass is 10.2. The minimum atomic E-state index is 0. The van der Waals surface area contributed by atoms with Crippen LogP contribution in [0.15, 0.2) is 0 Å². The maximum atomic E-state index is 11.4. The zero-order valence-corrected chi connectivity index (χ0v) is 14.5. The van der Waals surface area contributed by atoms with Gasteiger partial charge in [-0.3, -0.25) is 9.59 Å². The molecule has 0 radical (unpaired) electrons. The molecule has 0 saturated heterocycles. The van der Waals surface area contributed by atoms with Crippen molar-refractivity contribution >= 4 is 35.3 Å². The van der Waals surface area contributed by atoms with Crippen molar-refractivity contribution in [3.63, 3.8) is 0 Å². The second kappa shape index (κ2) is 13.6. The Morgan fingerprint density at radius 1 is 1.00 bits per heavy atom. The van der Waals surface area contributed by atoms with Crippen LogP contribution in [0, 0.1) is 0 Å². The quantitative estimate of drug-likeness (QED) is 0.542. The van der Waals surface area contributed by atoms with Gasteiger partial charge in [-0.15, -0.1) is 11.8 Å². The van der Waals surface area contributed by atoms with Crippen molar-refractivity contribution in [1.29, 1.82) is 0 Å². The number of thioether (sulfide) groups is 2. The van der Waals surface area contributed by atoms with Gasteiger partial charge in [-0.2, -0.15) is 11.8 Å². The van der Waals surface area contributed by atoms with Crippen LogP contribution in [0.5, 0.6) is 0 Å². The second-order valence-corrected chi connectivity index (χ2v) is 7.60. The van der Waals surface area contributed by atoms with Crippen molar-refractivity contribution in [2.24, 2.45) is 0 Å². The number of nitrogens with one attached hydrogen (secondary N) is 2. The van der Waals surface area contributed by atoms with Crippen LogP contribution in [0.25, 0.3) is 0 Å². The summed E-state index contributed by atoms with van der Waals surface area (Å²) >= 11 is 3.30. The molecule has 2 N–H and O–H groups in total. The highest BCUT2D eigenvalue weighted by Gasteiger charge is 2.03. The summed E-state index contributed by atoms with van der Waals surface area (Å²) in [5, 5.41) is 6.31. The second-order valence-electron chi connectivity index (χ2n) is 4.76. The summed E-state index contributed by atoms with van der Waals surface area (Å²) in [4.78, 5) is 22.8. The van der Waals surface area contributed by atoms with Gasteiger partial charge in [0.25, 0.3) is 0 Å². The molecule has 2 amide bonds. The number of carbonyl (C=O) groups is 2. The van der Waals surface area contributed by atoms with E-state index in [0.29, 0.717) is 16.8 Å². The van der Waals surface area contributed by atoms with E-state index >= 15 is 0 Å². The van der Waals surface area contributed by atoms with Crippen molar-refractivity contribution in [2.75, 3.05) is 30.3 Å². The zero-order chi connectivity index (χ0) is 15.2. The van der Waals surface area contributed by atoms with Crippen molar-refractivity contribution in [2.45, 2.75) is 45.3 Å². The van der Waals surface area contributed by atoms with Crippen molar-refractivity contribution < 1.29 is 12.4 Å². The van der Waals surface area contributed by atoms with Crippen LogP contribution >= 0.6 is 23.5 Å². The van der Waals surface area contributed by atoms with Gasteiger partial charge >= 0.3 is 0 Å². The Labute approximate surface area is 134 Å². The van der Waals surface area contributed by atoms with Crippen molar-refractivity contribution in [1.82, 2.24) is 10.6 Å². The number of rotatable bonds is 12. The topological polar surface area (TPSA) is 58.2 Å². The van der Waals surface area contributed by atoms with Crippen molar-refractivity contribution in [3.05, 3.63) is 0 Å². The van der Waals surface area contributed by atoms with Gasteiger partial charge in [-0.25, -0.2) is 0 Å². The van der Waals surface area contributed by atoms with Gasteiger partial charge < -0.3 is 10.6 Å². The first-order chi connectivity index (χ1) is 9.56. The Kier molecular flexibility index (Phi) is 13.4. The molecule has 0 aliphatic carbocycles. The summed E-state index contributed by atoms with van der Waals surface area (Å²) in [5.41, 5.74) is 0. The standard InChI is InChI=1S/C14H28N2O2S2.2H2/c1-4-19-10-13(17)15-8-6-5-7-9-16-14(18)11-20-12(2)3;;/h12H,4-11H2,1-3H3,(H,15,17)(H,16,18);2*1H. The molecule has 6 heteroatoms. The van der Waals surface area contributed by atoms with Gasteiger partial charge in [0.05, 0.1) is 11.5 Å². The van der Waals surface area contributed by atoms with Gasteiger partial charge in [-0.05, 0) is 30.3 Å². The summed E-state index contributed by atoms with van der Waals surface area (Å²) in [6, 6.07) is 0. The molecule has 0 aliphatic heterocycles. The fraction of sp³-hybridized carbons (Fsp3) is 0.857. The first-order valence-corrected chi connectivity index (χ1v) is 9.49. The molecule has 4 nitrogen and oxygen atoms in total. The van der Waals surface area contributed by atoms with E-state index in [1.165, 1.54) is 0 Å². The summed E-state index contributed by atoms with van der Waals surface area (Å²) in [7, 11) is 0. The molecule has 0 atom stereocenters. The van der Waals surface area contributed by atoms with E-state index in [0.717, 1.165) is 38.1 Å². The van der Waals surface area contributed by atoms with Crippen LogP contribution in [-0.4, -0.2) is 47.4 Å². The molecule has 0 fully saturated rings. The van der Waals surface area contributed by atoms with Crippen LogP contribution in [0.1, 0.15) is 42.9 Å². The van der Waals surface area contributed by atoms with E-state index in [-0.39, 0.29) is 14.7 Å². The first-order valence-electron chi connectivity index (χ1n) is 7.29. The highest BCUT2D eigenvalue weighted by Crippen LogP contribution is 2.07. The van der Waals surface area contributed by atoms with Gasteiger partial charge in [0, 0.05) is 15.9 Å². The Hall–Kier alpha value is -0.360. The summed E-state index contributed by atoms with van der Waals surface area (Å²) in [5.74, 6) is 2.31. The van der Waals surface area contributed by atoms with E-state index < -0.39 is 0 Å². The van der Waals surface area contributed by atoms with Crippen LogP contribution in [-0.2, 0) is 9.59 Å². The molecule has 0 saturated carbocycles. The summed E-state index contributed by atoms with van der Waals surface area (Å²) < 4.78 is 0. The van der Waals surface area contributed by atoms with E-state index in [1.807, 2.05) is 6.92 Å². The largest absolute Gasteiger partial charge is 0.355 e. The molecular weight excluding hydrogens is 292 g/mol. The first kappa shape index (κ1) is 19.6. The van der Waals surface area contributed by atoms with Gasteiger partial charge in [0.1, 0.15) is 0 Å². The van der Waals surface area contributed by atoms with Crippen molar-refractivity contribution in [3.8, 4) is 0 Å². The molecule has 122 valence electrons. The fourth-order valence-electron chi connectivity index (χ4n) is 1.42. The number of carbonyl (C=O) groups excluding carboxylic acids is 2. The molecule has 0 bridgehead atoms. The number of hydrogen-bond donors (Lipinski definition) is 2. The molecule has 0 aliphatic rings. The fourth-order valence-corrected chi connectivity index (χ4v) is 2.50. The van der Waals surface area contributed by atoms with Crippen LogP contribution in [0.4, 0.5) is 0 Å².